The number of aliphatic imine (C=N–C) groups is 1. The number of nitrogens with one attached hydrogen (secondary N) is 1. The fraction of sp³-hybridized carbons (Fsp3) is 0.185. The molecule has 1 N–H and O–H groups in total. The second-order valence-electron chi connectivity index (χ2n) is 8.23. The first kappa shape index (κ1) is 24.0. The predicted octanol–water partition coefficient (Wildman–Crippen LogP) is 6.72. The minimum atomic E-state index is -0.485. The van der Waals surface area contributed by atoms with Crippen LogP contribution < -0.4 is 5.32 Å². The topological polar surface area (TPSA) is 93.8 Å². The number of nitrogens with zero attached hydrogens (tertiary/aromatic N) is 2. The summed E-state index contributed by atoms with van der Waals surface area (Å²) in [4.78, 5) is 35.4. The third-order valence-corrected chi connectivity index (χ3v) is 7.32. The van der Waals surface area contributed by atoms with E-state index in [2.05, 4.69) is 15.3 Å². The van der Waals surface area contributed by atoms with Crippen molar-refractivity contribution < 1.29 is 18.7 Å². The molecular weight excluding hydrogens is 498 g/mol. The smallest absolute Gasteiger partial charge is 0.338 e. The van der Waals surface area contributed by atoms with Gasteiger partial charge in [0.25, 0.3) is 5.91 Å². The number of ether oxygens (including phenoxy) is 1. The average Bonchev–Trinajstić information content (AvgIpc) is 3.52. The molecule has 182 valence electrons. The number of amides is 1. The standard InChI is InChI=1S/C27H22ClN3O4S/c1-34-27(33)19-10-8-16(28)13-21(19)22-11-9-18(35-22)15-30-26-24(20-6-2-3-7-23(20)36-26)25(32)31-17-5-4-12-29-14-17/h4-5,8-15H,2-3,6-7H2,1H3,(H,31,32). The predicted molar refractivity (Wildman–Crippen MR) is 141 cm³/mol. The maximum absolute atomic E-state index is 13.2. The van der Waals surface area contributed by atoms with E-state index in [0.29, 0.717) is 43.9 Å². The summed E-state index contributed by atoms with van der Waals surface area (Å²) in [6.07, 6.45) is 8.80. The van der Waals surface area contributed by atoms with Gasteiger partial charge in [-0.15, -0.1) is 11.3 Å². The van der Waals surface area contributed by atoms with Crippen molar-refractivity contribution in [2.75, 3.05) is 12.4 Å². The molecule has 0 saturated carbocycles. The summed E-state index contributed by atoms with van der Waals surface area (Å²) in [5, 5.41) is 4.05. The second-order valence-corrected chi connectivity index (χ2v) is 9.75. The third-order valence-electron chi connectivity index (χ3n) is 5.89. The lowest BCUT2D eigenvalue weighted by atomic mass is 9.95. The van der Waals surface area contributed by atoms with E-state index >= 15 is 0 Å². The van der Waals surface area contributed by atoms with Crippen molar-refractivity contribution >= 4 is 51.7 Å². The van der Waals surface area contributed by atoms with Crippen LogP contribution in [0, 0.1) is 0 Å². The molecule has 0 radical (unpaired) electrons. The van der Waals surface area contributed by atoms with Crippen LogP contribution in [0.5, 0.6) is 0 Å². The number of methoxy groups -OCH3 is 1. The number of carbonyl (C=O) groups is 2. The number of benzene rings is 1. The lowest BCUT2D eigenvalue weighted by molar-refractivity contribution is 0.0601. The number of furan rings is 1. The number of pyridine rings is 1. The van der Waals surface area contributed by atoms with E-state index in [9.17, 15) is 9.59 Å². The zero-order chi connectivity index (χ0) is 25.1. The molecule has 0 atom stereocenters. The Balaban J connectivity index is 1.46. The highest BCUT2D eigenvalue weighted by Crippen LogP contribution is 2.40. The number of esters is 1. The summed E-state index contributed by atoms with van der Waals surface area (Å²) in [6.45, 7) is 0. The first-order valence-electron chi connectivity index (χ1n) is 11.4. The van der Waals surface area contributed by atoms with E-state index in [-0.39, 0.29) is 5.91 Å². The number of carbonyl (C=O) groups excluding carboxylic acids is 2. The zero-order valence-electron chi connectivity index (χ0n) is 19.4. The zero-order valence-corrected chi connectivity index (χ0v) is 21.0. The Morgan fingerprint density at radius 3 is 2.86 bits per heavy atom. The number of fused-ring (bicyclic) bond motifs is 1. The monoisotopic (exact) mass is 519 g/mol. The molecule has 0 unspecified atom stereocenters. The van der Waals surface area contributed by atoms with E-state index in [4.69, 9.17) is 20.8 Å². The molecular formula is C27H22ClN3O4S. The van der Waals surface area contributed by atoms with Gasteiger partial charge < -0.3 is 14.5 Å². The number of thiophene rings is 1. The van der Waals surface area contributed by atoms with E-state index in [1.165, 1.54) is 23.3 Å². The maximum atomic E-state index is 13.2. The average molecular weight is 520 g/mol. The molecule has 1 amide bonds. The Kier molecular flexibility index (Phi) is 6.97. The molecule has 0 fully saturated rings. The fourth-order valence-corrected chi connectivity index (χ4v) is 5.61. The minimum absolute atomic E-state index is 0.198. The van der Waals surface area contributed by atoms with Gasteiger partial charge in [-0.25, -0.2) is 9.79 Å². The van der Waals surface area contributed by atoms with Crippen LogP contribution in [0.2, 0.25) is 5.02 Å². The fourth-order valence-electron chi connectivity index (χ4n) is 4.20. The van der Waals surface area contributed by atoms with Gasteiger partial charge in [-0.2, -0.15) is 0 Å². The van der Waals surface area contributed by atoms with E-state index in [1.807, 2.05) is 0 Å². The second kappa shape index (κ2) is 10.5. The Morgan fingerprint density at radius 1 is 1.19 bits per heavy atom. The summed E-state index contributed by atoms with van der Waals surface area (Å²) in [5.41, 5.74) is 3.18. The van der Waals surface area contributed by atoms with E-state index in [0.717, 1.165) is 31.2 Å². The number of hydrogen-bond donors (Lipinski definition) is 1. The van der Waals surface area contributed by atoms with Crippen molar-refractivity contribution in [3.63, 3.8) is 0 Å². The van der Waals surface area contributed by atoms with Crippen molar-refractivity contribution in [2.45, 2.75) is 25.7 Å². The number of halogens is 1. The Labute approximate surface area is 216 Å². The minimum Gasteiger partial charge on any atom is -0.465 e. The molecule has 1 aromatic carbocycles. The molecule has 5 rings (SSSR count). The third kappa shape index (κ3) is 4.96. The van der Waals surface area contributed by atoms with Gasteiger partial charge in [0.1, 0.15) is 16.5 Å². The van der Waals surface area contributed by atoms with Crippen LogP contribution in [0.4, 0.5) is 10.7 Å². The van der Waals surface area contributed by atoms with Gasteiger partial charge in [-0.3, -0.25) is 9.78 Å². The van der Waals surface area contributed by atoms with Gasteiger partial charge in [0.05, 0.1) is 36.3 Å². The van der Waals surface area contributed by atoms with Crippen molar-refractivity contribution in [2.24, 2.45) is 4.99 Å². The molecule has 0 bridgehead atoms. The highest BCUT2D eigenvalue weighted by molar-refractivity contribution is 7.16. The molecule has 0 aliphatic heterocycles. The Hall–Kier alpha value is -3.75. The largest absolute Gasteiger partial charge is 0.465 e. The summed E-state index contributed by atoms with van der Waals surface area (Å²) in [7, 11) is 1.32. The van der Waals surface area contributed by atoms with Crippen LogP contribution in [-0.2, 0) is 17.6 Å². The van der Waals surface area contributed by atoms with Gasteiger partial charge in [-0.05, 0) is 73.7 Å². The molecule has 4 aromatic rings. The maximum Gasteiger partial charge on any atom is 0.338 e. The lowest BCUT2D eigenvalue weighted by Gasteiger charge is -2.12. The van der Waals surface area contributed by atoms with Crippen molar-refractivity contribution in [1.29, 1.82) is 0 Å². The summed E-state index contributed by atoms with van der Waals surface area (Å²) >= 11 is 7.70. The van der Waals surface area contributed by atoms with Gasteiger partial charge in [-0.1, -0.05) is 11.6 Å². The van der Waals surface area contributed by atoms with Crippen molar-refractivity contribution in [1.82, 2.24) is 4.98 Å². The van der Waals surface area contributed by atoms with Gasteiger partial charge in [0.15, 0.2) is 0 Å². The van der Waals surface area contributed by atoms with Crippen LogP contribution in [0.1, 0.15) is 49.8 Å². The first-order valence-corrected chi connectivity index (χ1v) is 12.6. The summed E-state index contributed by atoms with van der Waals surface area (Å²) in [6, 6.07) is 12.0. The molecule has 0 saturated heterocycles. The van der Waals surface area contributed by atoms with Crippen LogP contribution >= 0.6 is 22.9 Å². The first-order chi connectivity index (χ1) is 17.5. The van der Waals surface area contributed by atoms with Crippen LogP contribution in [-0.4, -0.2) is 30.2 Å². The van der Waals surface area contributed by atoms with Crippen LogP contribution in [0.3, 0.4) is 0 Å². The molecule has 9 heteroatoms. The van der Waals surface area contributed by atoms with Crippen molar-refractivity contribution in [3.8, 4) is 11.3 Å². The Morgan fingerprint density at radius 2 is 2.06 bits per heavy atom. The van der Waals surface area contributed by atoms with Crippen LogP contribution in [0.25, 0.3) is 11.3 Å². The summed E-state index contributed by atoms with van der Waals surface area (Å²) < 4.78 is 10.8. The highest BCUT2D eigenvalue weighted by Gasteiger charge is 2.25. The number of aromatic nitrogens is 1. The normalized spacial score (nSPS) is 12.9. The highest BCUT2D eigenvalue weighted by atomic mass is 35.5. The molecule has 1 aliphatic carbocycles. The molecule has 7 nitrogen and oxygen atoms in total. The molecule has 36 heavy (non-hydrogen) atoms. The quantitative estimate of drug-likeness (QED) is 0.225. The number of anilines is 1. The van der Waals surface area contributed by atoms with Crippen molar-refractivity contribution in [3.05, 3.63) is 87.2 Å². The number of rotatable bonds is 6. The molecule has 3 aromatic heterocycles. The summed E-state index contributed by atoms with van der Waals surface area (Å²) in [5.74, 6) is 0.253. The van der Waals surface area contributed by atoms with Gasteiger partial charge in [0, 0.05) is 21.7 Å². The van der Waals surface area contributed by atoms with Crippen LogP contribution in [0.15, 0.2) is 64.3 Å². The number of aryl methyl sites for hydroxylation is 1. The van der Waals surface area contributed by atoms with E-state index in [1.54, 1.807) is 61.1 Å². The van der Waals surface area contributed by atoms with E-state index < -0.39 is 5.97 Å². The Bertz CT molecular complexity index is 1460. The molecule has 0 spiro atoms. The van der Waals surface area contributed by atoms with Gasteiger partial charge >= 0.3 is 5.97 Å². The molecule has 1 aliphatic rings. The lowest BCUT2D eigenvalue weighted by Crippen LogP contribution is -2.14. The molecule has 3 heterocycles. The van der Waals surface area contributed by atoms with Gasteiger partial charge in [0.2, 0.25) is 0 Å². The SMILES string of the molecule is COC(=O)c1ccc(Cl)cc1-c1ccc(C=Nc2sc3c(c2C(=O)Nc2cccnc2)CCCC3)o1. The number of hydrogen-bond acceptors (Lipinski definition) is 7.